The fourth-order valence-electron chi connectivity index (χ4n) is 1.70. The van der Waals surface area contributed by atoms with E-state index in [9.17, 15) is 13.9 Å². The fourth-order valence-corrected chi connectivity index (χ4v) is 1.70. The third-order valence-corrected chi connectivity index (χ3v) is 2.71. The Balaban J connectivity index is 2.57. The Morgan fingerprint density at radius 2 is 2.06 bits per heavy atom. The van der Waals surface area contributed by atoms with Crippen LogP contribution >= 0.6 is 0 Å². The van der Waals surface area contributed by atoms with E-state index in [0.717, 1.165) is 18.6 Å². The number of halogens is 2. The van der Waals surface area contributed by atoms with E-state index in [1.165, 1.54) is 6.07 Å². The van der Waals surface area contributed by atoms with E-state index in [-0.39, 0.29) is 11.6 Å². The fraction of sp³-hybridized carbons (Fsp3) is 0.538. The predicted octanol–water partition coefficient (Wildman–Crippen LogP) is 2.78. The van der Waals surface area contributed by atoms with Crippen molar-refractivity contribution in [1.82, 2.24) is 5.32 Å². The van der Waals surface area contributed by atoms with Gasteiger partial charge in [-0.2, -0.15) is 0 Å². The van der Waals surface area contributed by atoms with Crippen molar-refractivity contribution in [3.8, 4) is 0 Å². The van der Waals surface area contributed by atoms with E-state index >= 15 is 0 Å². The molecular formula is C13H19F2NO. The van der Waals surface area contributed by atoms with Gasteiger partial charge in [0.15, 0.2) is 0 Å². The lowest BCUT2D eigenvalue weighted by Gasteiger charge is -2.17. The SMILES string of the molecule is CCCC(O)CNC(C)c1cc(F)ccc1F. The molecule has 2 unspecified atom stereocenters. The molecule has 4 heteroatoms. The highest BCUT2D eigenvalue weighted by molar-refractivity contribution is 5.21. The quantitative estimate of drug-likeness (QED) is 0.805. The first-order chi connectivity index (χ1) is 8.04. The van der Waals surface area contributed by atoms with Gasteiger partial charge in [0.1, 0.15) is 11.6 Å². The molecule has 2 atom stereocenters. The Morgan fingerprint density at radius 1 is 1.35 bits per heavy atom. The largest absolute Gasteiger partial charge is 0.392 e. The van der Waals surface area contributed by atoms with E-state index in [0.29, 0.717) is 13.0 Å². The normalized spacial score (nSPS) is 14.6. The van der Waals surface area contributed by atoms with Gasteiger partial charge in [-0.1, -0.05) is 13.3 Å². The van der Waals surface area contributed by atoms with Gasteiger partial charge >= 0.3 is 0 Å². The lowest BCUT2D eigenvalue weighted by molar-refractivity contribution is 0.157. The second-order valence-electron chi connectivity index (χ2n) is 4.24. The zero-order chi connectivity index (χ0) is 12.8. The van der Waals surface area contributed by atoms with E-state index < -0.39 is 17.7 Å². The maximum atomic E-state index is 13.4. The minimum Gasteiger partial charge on any atom is -0.392 e. The average Bonchev–Trinajstić information content (AvgIpc) is 2.29. The van der Waals surface area contributed by atoms with Crippen molar-refractivity contribution in [3.05, 3.63) is 35.4 Å². The lowest BCUT2D eigenvalue weighted by Crippen LogP contribution is -2.29. The van der Waals surface area contributed by atoms with Gasteiger partial charge in [0.05, 0.1) is 6.10 Å². The third-order valence-electron chi connectivity index (χ3n) is 2.71. The van der Waals surface area contributed by atoms with Gasteiger partial charge in [-0.25, -0.2) is 8.78 Å². The molecule has 1 aromatic rings. The first-order valence-corrected chi connectivity index (χ1v) is 5.91. The number of nitrogens with one attached hydrogen (secondary N) is 1. The van der Waals surface area contributed by atoms with Gasteiger partial charge in [0.25, 0.3) is 0 Å². The molecule has 0 bridgehead atoms. The summed E-state index contributed by atoms with van der Waals surface area (Å²) in [4.78, 5) is 0. The molecule has 0 radical (unpaired) electrons. The van der Waals surface area contributed by atoms with Crippen LogP contribution in [0.1, 0.15) is 38.3 Å². The van der Waals surface area contributed by atoms with Gasteiger partial charge in [-0.05, 0) is 31.5 Å². The van der Waals surface area contributed by atoms with Gasteiger partial charge < -0.3 is 10.4 Å². The summed E-state index contributed by atoms with van der Waals surface area (Å²) in [6.07, 6.45) is 1.15. The van der Waals surface area contributed by atoms with Crippen LogP contribution < -0.4 is 5.32 Å². The Hall–Kier alpha value is -1.00. The van der Waals surface area contributed by atoms with Crippen LogP contribution in [0.3, 0.4) is 0 Å². The maximum absolute atomic E-state index is 13.4. The molecular weight excluding hydrogens is 224 g/mol. The Bertz CT molecular complexity index is 357. The maximum Gasteiger partial charge on any atom is 0.128 e. The molecule has 17 heavy (non-hydrogen) atoms. The second kappa shape index (κ2) is 6.67. The molecule has 0 aliphatic heterocycles. The van der Waals surface area contributed by atoms with Crippen LogP contribution in [0, 0.1) is 11.6 Å². The molecule has 96 valence electrons. The molecule has 0 saturated carbocycles. The summed E-state index contributed by atoms with van der Waals surface area (Å²) >= 11 is 0. The molecule has 0 amide bonds. The number of hydrogen-bond acceptors (Lipinski definition) is 2. The van der Waals surface area contributed by atoms with Gasteiger partial charge in [0, 0.05) is 18.2 Å². The van der Waals surface area contributed by atoms with E-state index in [1.807, 2.05) is 6.92 Å². The third kappa shape index (κ3) is 4.40. The van der Waals surface area contributed by atoms with Gasteiger partial charge in [0.2, 0.25) is 0 Å². The van der Waals surface area contributed by atoms with Crippen molar-refractivity contribution in [3.63, 3.8) is 0 Å². The molecule has 0 fully saturated rings. The van der Waals surface area contributed by atoms with E-state index in [1.54, 1.807) is 6.92 Å². The van der Waals surface area contributed by atoms with Crippen molar-refractivity contribution in [2.24, 2.45) is 0 Å². The number of rotatable bonds is 6. The molecule has 1 aromatic carbocycles. The van der Waals surface area contributed by atoms with Crippen LogP contribution in [0.4, 0.5) is 8.78 Å². The first-order valence-electron chi connectivity index (χ1n) is 5.91. The first kappa shape index (κ1) is 14.1. The topological polar surface area (TPSA) is 32.3 Å². The standard InChI is InChI=1S/C13H19F2NO/c1-3-4-11(17)8-16-9(2)12-7-10(14)5-6-13(12)15/h5-7,9,11,16-17H,3-4,8H2,1-2H3. The second-order valence-corrected chi connectivity index (χ2v) is 4.24. The smallest absolute Gasteiger partial charge is 0.128 e. The van der Waals surface area contributed by atoms with Crippen LogP contribution in [0.25, 0.3) is 0 Å². The number of aliphatic hydroxyl groups excluding tert-OH is 1. The molecule has 0 aromatic heterocycles. The van der Waals surface area contributed by atoms with Crippen molar-refractivity contribution in [1.29, 1.82) is 0 Å². The molecule has 0 heterocycles. The lowest BCUT2D eigenvalue weighted by atomic mass is 10.1. The monoisotopic (exact) mass is 243 g/mol. The zero-order valence-electron chi connectivity index (χ0n) is 10.2. The highest BCUT2D eigenvalue weighted by atomic mass is 19.1. The number of benzene rings is 1. The minimum absolute atomic E-state index is 0.286. The zero-order valence-corrected chi connectivity index (χ0v) is 10.2. The molecule has 0 aliphatic rings. The van der Waals surface area contributed by atoms with Crippen molar-refractivity contribution in [2.75, 3.05) is 6.54 Å². The summed E-state index contributed by atoms with van der Waals surface area (Å²) in [5.74, 6) is -0.888. The highest BCUT2D eigenvalue weighted by Crippen LogP contribution is 2.17. The van der Waals surface area contributed by atoms with E-state index in [2.05, 4.69) is 5.32 Å². The van der Waals surface area contributed by atoms with Crippen molar-refractivity contribution < 1.29 is 13.9 Å². The number of hydrogen-bond donors (Lipinski definition) is 2. The van der Waals surface area contributed by atoms with Gasteiger partial charge in [-0.15, -0.1) is 0 Å². The van der Waals surface area contributed by atoms with Crippen molar-refractivity contribution in [2.45, 2.75) is 38.8 Å². The van der Waals surface area contributed by atoms with E-state index in [4.69, 9.17) is 0 Å². The summed E-state index contributed by atoms with van der Waals surface area (Å²) in [6.45, 7) is 4.11. The van der Waals surface area contributed by atoms with Crippen LogP contribution in [0.15, 0.2) is 18.2 Å². The minimum atomic E-state index is -0.454. The van der Waals surface area contributed by atoms with Crippen molar-refractivity contribution >= 4 is 0 Å². The summed E-state index contributed by atoms with van der Waals surface area (Å²) in [5, 5.41) is 12.5. The summed E-state index contributed by atoms with van der Waals surface area (Å²) in [6, 6.07) is 3.07. The Morgan fingerprint density at radius 3 is 2.71 bits per heavy atom. The van der Waals surface area contributed by atoms with Crippen LogP contribution in [0.2, 0.25) is 0 Å². The molecule has 0 aliphatic carbocycles. The predicted molar refractivity (Wildman–Crippen MR) is 63.7 cm³/mol. The highest BCUT2D eigenvalue weighted by Gasteiger charge is 2.12. The summed E-state index contributed by atoms with van der Waals surface area (Å²) in [5.41, 5.74) is 0.286. The number of aliphatic hydroxyl groups is 1. The Labute approximate surface area is 101 Å². The molecule has 0 spiro atoms. The average molecular weight is 243 g/mol. The summed E-state index contributed by atoms with van der Waals surface area (Å²) in [7, 11) is 0. The Kier molecular flexibility index (Phi) is 5.51. The van der Waals surface area contributed by atoms with Gasteiger partial charge in [-0.3, -0.25) is 0 Å². The van der Waals surface area contributed by atoms with Crippen LogP contribution in [-0.2, 0) is 0 Å². The van der Waals surface area contributed by atoms with Crippen LogP contribution in [-0.4, -0.2) is 17.8 Å². The molecule has 2 N–H and O–H groups in total. The molecule has 1 rings (SSSR count). The summed E-state index contributed by atoms with van der Waals surface area (Å²) < 4.78 is 26.4. The molecule has 2 nitrogen and oxygen atoms in total. The molecule has 0 saturated heterocycles. The van der Waals surface area contributed by atoms with Crippen LogP contribution in [0.5, 0.6) is 0 Å².